The van der Waals surface area contributed by atoms with Gasteiger partial charge in [0.05, 0.1) is 11.3 Å². The van der Waals surface area contributed by atoms with E-state index in [0.29, 0.717) is 43.0 Å². The number of carboxylic acid groups (broad SMARTS) is 1. The van der Waals surface area contributed by atoms with Gasteiger partial charge in [-0.15, -0.1) is 0 Å². The van der Waals surface area contributed by atoms with Gasteiger partial charge in [-0.1, -0.05) is 0 Å². The number of hydrogen-bond acceptors (Lipinski definition) is 6. The van der Waals surface area contributed by atoms with Gasteiger partial charge in [0, 0.05) is 32.1 Å². The van der Waals surface area contributed by atoms with Crippen LogP contribution in [0.25, 0.3) is 0 Å². The molecule has 1 aromatic rings. The van der Waals surface area contributed by atoms with E-state index in [9.17, 15) is 14.4 Å². The van der Waals surface area contributed by atoms with E-state index in [0.717, 1.165) is 0 Å². The molecule has 1 aliphatic heterocycles. The van der Waals surface area contributed by atoms with Crippen LogP contribution in [0.1, 0.15) is 47.6 Å². The molecule has 0 bridgehead atoms. The van der Waals surface area contributed by atoms with Gasteiger partial charge in [-0.3, -0.25) is 9.59 Å². The number of carbonyl (C=O) groups is 3. The summed E-state index contributed by atoms with van der Waals surface area (Å²) in [5, 5.41) is 9.00. The Kier molecular flexibility index (Phi) is 5.25. The molecule has 0 unspecified atom stereocenters. The molecule has 2 heterocycles. The van der Waals surface area contributed by atoms with Gasteiger partial charge in [0.25, 0.3) is 0 Å². The normalized spacial score (nSPS) is 15.3. The second-order valence-corrected chi connectivity index (χ2v) is 5.46. The van der Waals surface area contributed by atoms with E-state index < -0.39 is 12.1 Å². The van der Waals surface area contributed by atoms with E-state index in [1.165, 1.54) is 18.0 Å². The van der Waals surface area contributed by atoms with Gasteiger partial charge < -0.3 is 14.7 Å². The van der Waals surface area contributed by atoms with Crippen LogP contribution in [0, 0.1) is 6.92 Å². The van der Waals surface area contributed by atoms with Gasteiger partial charge in [-0.25, -0.2) is 14.8 Å². The molecular formula is C15H19N3O5. The predicted octanol–water partition coefficient (Wildman–Crippen LogP) is 1.39. The molecule has 1 fully saturated rings. The number of aromatic nitrogens is 2. The lowest BCUT2D eigenvalue weighted by Gasteiger charge is -2.30. The van der Waals surface area contributed by atoms with Gasteiger partial charge in [0.1, 0.15) is 5.82 Å². The number of esters is 1. The summed E-state index contributed by atoms with van der Waals surface area (Å²) in [6.45, 7) is 3.43. The van der Waals surface area contributed by atoms with Gasteiger partial charge >= 0.3 is 12.1 Å². The molecule has 8 nitrogen and oxygen atoms in total. The van der Waals surface area contributed by atoms with Crippen molar-refractivity contribution in [2.24, 2.45) is 0 Å². The molecule has 0 aliphatic carbocycles. The first-order valence-electron chi connectivity index (χ1n) is 7.36. The van der Waals surface area contributed by atoms with Crippen LogP contribution in [0.15, 0.2) is 6.20 Å². The summed E-state index contributed by atoms with van der Waals surface area (Å²) in [5.41, 5.74) is 0.949. The SMILES string of the molecule is CC(=O)OCC(=O)c1cnc(C)nc1C1CCN(C(=O)O)CC1. The fraction of sp³-hybridized carbons (Fsp3) is 0.533. The van der Waals surface area contributed by atoms with Crippen molar-refractivity contribution >= 4 is 17.8 Å². The number of ketones is 1. The molecular weight excluding hydrogens is 302 g/mol. The Morgan fingerprint density at radius 2 is 2.00 bits per heavy atom. The number of Topliss-reactive ketones (excluding diaryl/α,β-unsaturated/α-hetero) is 1. The van der Waals surface area contributed by atoms with Crippen LogP contribution in [-0.2, 0) is 9.53 Å². The fourth-order valence-corrected chi connectivity index (χ4v) is 2.60. The highest BCUT2D eigenvalue weighted by Gasteiger charge is 2.28. The molecule has 0 aromatic carbocycles. The second-order valence-electron chi connectivity index (χ2n) is 5.46. The Hall–Kier alpha value is -2.51. The number of piperidine rings is 1. The highest BCUT2D eigenvalue weighted by molar-refractivity contribution is 5.98. The van der Waals surface area contributed by atoms with Gasteiger partial charge in [0.2, 0.25) is 5.78 Å². The smallest absolute Gasteiger partial charge is 0.407 e. The van der Waals surface area contributed by atoms with E-state index >= 15 is 0 Å². The molecule has 1 N–H and O–H groups in total. The highest BCUT2D eigenvalue weighted by atomic mass is 16.5. The molecule has 23 heavy (non-hydrogen) atoms. The maximum Gasteiger partial charge on any atom is 0.407 e. The molecule has 1 aromatic heterocycles. The van der Waals surface area contributed by atoms with Crippen molar-refractivity contribution in [3.63, 3.8) is 0 Å². The summed E-state index contributed by atoms with van der Waals surface area (Å²) >= 11 is 0. The molecule has 0 saturated carbocycles. The monoisotopic (exact) mass is 321 g/mol. The van der Waals surface area contributed by atoms with Gasteiger partial charge in [-0.2, -0.15) is 0 Å². The molecule has 0 atom stereocenters. The molecule has 0 spiro atoms. The zero-order valence-corrected chi connectivity index (χ0v) is 13.1. The maximum absolute atomic E-state index is 12.2. The van der Waals surface area contributed by atoms with Crippen molar-refractivity contribution in [1.82, 2.24) is 14.9 Å². The van der Waals surface area contributed by atoms with Crippen molar-refractivity contribution in [3.05, 3.63) is 23.3 Å². The van der Waals surface area contributed by atoms with Crippen LogP contribution < -0.4 is 0 Å². The molecule has 1 amide bonds. The summed E-state index contributed by atoms with van der Waals surface area (Å²) in [6.07, 6.45) is 1.70. The fourth-order valence-electron chi connectivity index (χ4n) is 2.60. The van der Waals surface area contributed by atoms with Crippen molar-refractivity contribution in [2.75, 3.05) is 19.7 Å². The van der Waals surface area contributed by atoms with Gasteiger partial charge in [-0.05, 0) is 19.8 Å². The average molecular weight is 321 g/mol. The van der Waals surface area contributed by atoms with Crippen LogP contribution in [-0.4, -0.2) is 57.5 Å². The molecule has 1 saturated heterocycles. The summed E-state index contributed by atoms with van der Waals surface area (Å²) in [4.78, 5) is 43.8. The van der Waals surface area contributed by atoms with Crippen LogP contribution in [0.2, 0.25) is 0 Å². The lowest BCUT2D eigenvalue weighted by Crippen LogP contribution is -2.37. The largest absolute Gasteiger partial charge is 0.465 e. The number of carbonyl (C=O) groups excluding carboxylic acids is 2. The van der Waals surface area contributed by atoms with Crippen molar-refractivity contribution < 1.29 is 24.2 Å². The van der Waals surface area contributed by atoms with Crippen LogP contribution >= 0.6 is 0 Å². The predicted molar refractivity (Wildman–Crippen MR) is 79.3 cm³/mol. The number of aryl methyl sites for hydroxylation is 1. The van der Waals surface area contributed by atoms with Crippen molar-refractivity contribution in [3.8, 4) is 0 Å². The van der Waals surface area contributed by atoms with Crippen LogP contribution in [0.4, 0.5) is 4.79 Å². The number of likely N-dealkylation sites (tertiary alicyclic amines) is 1. The summed E-state index contributed by atoms with van der Waals surface area (Å²) in [5.74, 6) is -0.341. The third-order valence-corrected chi connectivity index (χ3v) is 3.80. The van der Waals surface area contributed by atoms with E-state index in [1.807, 2.05) is 0 Å². The van der Waals surface area contributed by atoms with E-state index in [4.69, 9.17) is 9.84 Å². The number of nitrogens with zero attached hydrogens (tertiary/aromatic N) is 3. The minimum absolute atomic E-state index is 0.0106. The summed E-state index contributed by atoms with van der Waals surface area (Å²) in [7, 11) is 0. The quantitative estimate of drug-likeness (QED) is 0.659. The van der Waals surface area contributed by atoms with Crippen LogP contribution in [0.3, 0.4) is 0 Å². The topological polar surface area (TPSA) is 110 Å². The summed E-state index contributed by atoms with van der Waals surface area (Å²) in [6, 6.07) is 0. The zero-order valence-electron chi connectivity index (χ0n) is 13.1. The number of rotatable bonds is 4. The Bertz CT molecular complexity index is 624. The third kappa shape index (κ3) is 4.24. The molecule has 0 radical (unpaired) electrons. The van der Waals surface area contributed by atoms with Crippen molar-refractivity contribution in [1.29, 1.82) is 0 Å². The molecule has 124 valence electrons. The van der Waals surface area contributed by atoms with Crippen molar-refractivity contribution in [2.45, 2.75) is 32.6 Å². The number of hydrogen-bond donors (Lipinski definition) is 1. The molecule has 2 rings (SSSR count). The minimum Gasteiger partial charge on any atom is -0.465 e. The second kappa shape index (κ2) is 7.17. The first-order valence-corrected chi connectivity index (χ1v) is 7.36. The molecule has 1 aliphatic rings. The van der Waals surface area contributed by atoms with Gasteiger partial charge in [0.15, 0.2) is 6.61 Å². The lowest BCUT2D eigenvalue weighted by molar-refractivity contribution is -0.139. The Morgan fingerprint density at radius 3 is 2.57 bits per heavy atom. The minimum atomic E-state index is -0.937. The van der Waals surface area contributed by atoms with E-state index in [1.54, 1.807) is 6.92 Å². The standard InChI is InChI=1S/C15H19N3O5/c1-9-16-7-12(13(20)8-23-10(2)19)14(17-9)11-3-5-18(6-4-11)15(21)22/h7,11H,3-6,8H2,1-2H3,(H,21,22). The molecule has 8 heteroatoms. The third-order valence-electron chi connectivity index (χ3n) is 3.80. The Balaban J connectivity index is 2.17. The van der Waals surface area contributed by atoms with Crippen LogP contribution in [0.5, 0.6) is 0 Å². The average Bonchev–Trinajstić information content (AvgIpc) is 2.52. The zero-order chi connectivity index (χ0) is 17.0. The first kappa shape index (κ1) is 16.9. The Morgan fingerprint density at radius 1 is 1.35 bits per heavy atom. The highest BCUT2D eigenvalue weighted by Crippen LogP contribution is 2.29. The number of ether oxygens (including phenoxy) is 1. The van der Waals surface area contributed by atoms with E-state index in [2.05, 4.69) is 9.97 Å². The Labute approximate surface area is 133 Å². The lowest BCUT2D eigenvalue weighted by atomic mass is 9.90. The summed E-state index contributed by atoms with van der Waals surface area (Å²) < 4.78 is 4.75. The first-order chi connectivity index (χ1) is 10.9. The maximum atomic E-state index is 12.2. The van der Waals surface area contributed by atoms with E-state index in [-0.39, 0.29) is 18.3 Å². The number of amides is 1.